The minimum Gasteiger partial charge on any atom is -0.455 e. The van der Waals surface area contributed by atoms with E-state index in [9.17, 15) is 9.59 Å². The van der Waals surface area contributed by atoms with Gasteiger partial charge in [0.1, 0.15) is 0 Å². The molecule has 0 bridgehead atoms. The van der Waals surface area contributed by atoms with Gasteiger partial charge in [-0.25, -0.2) is 0 Å². The second-order valence-electron chi connectivity index (χ2n) is 5.86. The van der Waals surface area contributed by atoms with E-state index < -0.39 is 0 Å². The van der Waals surface area contributed by atoms with Gasteiger partial charge in [0.05, 0.1) is 5.92 Å². The Kier molecular flexibility index (Phi) is 4.25. The van der Waals surface area contributed by atoms with Crippen LogP contribution < -0.4 is 5.32 Å². The lowest BCUT2D eigenvalue weighted by atomic mass is 9.86. The van der Waals surface area contributed by atoms with E-state index in [0.29, 0.717) is 11.8 Å². The van der Waals surface area contributed by atoms with Gasteiger partial charge in [-0.15, -0.1) is 0 Å². The molecule has 4 atom stereocenters. The number of hydrogen-bond donors (Lipinski definition) is 1. The average Bonchev–Trinajstić information content (AvgIpc) is 3.06. The summed E-state index contributed by atoms with van der Waals surface area (Å²) in [5.74, 6) is 0.622. The maximum atomic E-state index is 11.7. The molecule has 0 aliphatic heterocycles. The van der Waals surface area contributed by atoms with Crippen molar-refractivity contribution >= 4 is 11.9 Å². The largest absolute Gasteiger partial charge is 0.455 e. The Morgan fingerprint density at radius 2 is 1.83 bits per heavy atom. The summed E-state index contributed by atoms with van der Waals surface area (Å²) in [6.45, 7) is 4.07. The fourth-order valence-electron chi connectivity index (χ4n) is 2.67. The van der Waals surface area contributed by atoms with Gasteiger partial charge in [0.25, 0.3) is 5.91 Å². The van der Waals surface area contributed by atoms with E-state index in [1.807, 2.05) is 6.92 Å². The molecule has 0 aromatic rings. The molecule has 18 heavy (non-hydrogen) atoms. The number of carbonyl (C=O) groups excluding carboxylic acids is 2. The first-order valence-electron chi connectivity index (χ1n) is 7.04. The van der Waals surface area contributed by atoms with E-state index in [1.165, 1.54) is 19.3 Å². The van der Waals surface area contributed by atoms with E-state index in [2.05, 4.69) is 12.2 Å². The van der Waals surface area contributed by atoms with Crippen LogP contribution in [0.5, 0.6) is 0 Å². The van der Waals surface area contributed by atoms with E-state index in [4.69, 9.17) is 4.74 Å². The van der Waals surface area contributed by atoms with Crippen molar-refractivity contribution in [2.24, 2.45) is 17.8 Å². The monoisotopic (exact) mass is 253 g/mol. The lowest BCUT2D eigenvalue weighted by molar-refractivity contribution is -0.150. The minimum absolute atomic E-state index is 0.0337. The van der Waals surface area contributed by atoms with Crippen LogP contribution >= 0.6 is 0 Å². The maximum absolute atomic E-state index is 11.7. The summed E-state index contributed by atoms with van der Waals surface area (Å²) < 4.78 is 5.02. The molecule has 0 radical (unpaired) electrons. The molecule has 0 spiro atoms. The molecule has 0 unspecified atom stereocenters. The van der Waals surface area contributed by atoms with Crippen LogP contribution in [0.4, 0.5) is 0 Å². The molecule has 0 aromatic carbocycles. The van der Waals surface area contributed by atoms with Crippen molar-refractivity contribution in [1.82, 2.24) is 5.32 Å². The maximum Gasteiger partial charge on any atom is 0.309 e. The Hall–Kier alpha value is -1.06. The van der Waals surface area contributed by atoms with Crippen LogP contribution in [0.15, 0.2) is 0 Å². The Bertz CT molecular complexity index is 329. The molecule has 4 nitrogen and oxygen atoms in total. The zero-order valence-corrected chi connectivity index (χ0v) is 11.3. The molecular formula is C14H23NO3. The number of amides is 1. The molecule has 4 heteroatoms. The predicted molar refractivity (Wildman–Crippen MR) is 67.8 cm³/mol. The summed E-state index contributed by atoms with van der Waals surface area (Å²) >= 11 is 0. The van der Waals surface area contributed by atoms with Gasteiger partial charge in [0.2, 0.25) is 0 Å². The summed E-state index contributed by atoms with van der Waals surface area (Å²) in [5.41, 5.74) is 0. The third kappa shape index (κ3) is 3.47. The smallest absolute Gasteiger partial charge is 0.309 e. The first kappa shape index (κ1) is 13.4. The number of esters is 1. The highest BCUT2D eigenvalue weighted by Gasteiger charge is 2.40. The Labute approximate surface area is 108 Å². The number of rotatable bonds is 4. The van der Waals surface area contributed by atoms with Crippen molar-refractivity contribution in [2.45, 2.75) is 52.0 Å². The molecule has 2 saturated carbocycles. The molecule has 2 aliphatic carbocycles. The van der Waals surface area contributed by atoms with Gasteiger partial charge in [-0.2, -0.15) is 0 Å². The number of ether oxygens (including phenoxy) is 1. The molecule has 1 N–H and O–H groups in total. The zero-order valence-electron chi connectivity index (χ0n) is 11.3. The van der Waals surface area contributed by atoms with Crippen molar-refractivity contribution < 1.29 is 14.3 Å². The van der Waals surface area contributed by atoms with Crippen LogP contribution in [0.2, 0.25) is 0 Å². The SMILES string of the molecule is C[C@@H]1CCCC[C@@H]1NC(=O)COC(=O)[C@H]1C[C@@H]1C. The lowest BCUT2D eigenvalue weighted by Crippen LogP contribution is -2.43. The minimum atomic E-state index is -0.214. The van der Waals surface area contributed by atoms with Crippen LogP contribution in [0.25, 0.3) is 0 Å². The first-order valence-corrected chi connectivity index (χ1v) is 7.04. The third-order valence-corrected chi connectivity index (χ3v) is 4.22. The fourth-order valence-corrected chi connectivity index (χ4v) is 2.67. The molecule has 1 amide bonds. The zero-order chi connectivity index (χ0) is 13.1. The van der Waals surface area contributed by atoms with Crippen LogP contribution in [0.3, 0.4) is 0 Å². The van der Waals surface area contributed by atoms with Crippen molar-refractivity contribution in [3.8, 4) is 0 Å². The van der Waals surface area contributed by atoms with Gasteiger partial charge < -0.3 is 10.1 Å². The highest BCUT2D eigenvalue weighted by Crippen LogP contribution is 2.38. The summed E-state index contributed by atoms with van der Waals surface area (Å²) in [6.07, 6.45) is 5.54. The van der Waals surface area contributed by atoms with E-state index in [-0.39, 0.29) is 30.4 Å². The molecule has 0 saturated heterocycles. The number of nitrogens with one attached hydrogen (secondary N) is 1. The molecule has 2 fully saturated rings. The third-order valence-electron chi connectivity index (χ3n) is 4.22. The second-order valence-corrected chi connectivity index (χ2v) is 5.86. The van der Waals surface area contributed by atoms with Crippen molar-refractivity contribution in [3.05, 3.63) is 0 Å². The van der Waals surface area contributed by atoms with E-state index in [0.717, 1.165) is 12.8 Å². The highest BCUT2D eigenvalue weighted by molar-refractivity contribution is 5.82. The van der Waals surface area contributed by atoms with E-state index in [1.54, 1.807) is 0 Å². The van der Waals surface area contributed by atoms with Crippen LogP contribution in [0, 0.1) is 17.8 Å². The molecular weight excluding hydrogens is 230 g/mol. The topological polar surface area (TPSA) is 55.4 Å². The summed E-state index contributed by atoms with van der Waals surface area (Å²) in [7, 11) is 0. The fraction of sp³-hybridized carbons (Fsp3) is 0.857. The Balaban J connectivity index is 1.66. The Morgan fingerprint density at radius 3 is 2.44 bits per heavy atom. The molecule has 0 heterocycles. The van der Waals surface area contributed by atoms with Gasteiger partial charge in [-0.1, -0.05) is 26.7 Å². The summed E-state index contributed by atoms with van der Waals surface area (Å²) in [5, 5.41) is 2.98. The molecule has 2 rings (SSSR count). The first-order chi connectivity index (χ1) is 8.58. The lowest BCUT2D eigenvalue weighted by Gasteiger charge is -2.29. The van der Waals surface area contributed by atoms with Gasteiger partial charge in [-0.3, -0.25) is 9.59 Å². The number of hydrogen-bond acceptors (Lipinski definition) is 3. The quantitative estimate of drug-likeness (QED) is 0.778. The van der Waals surface area contributed by atoms with Crippen LogP contribution in [-0.4, -0.2) is 24.5 Å². The standard InChI is InChI=1S/C14H23NO3/c1-9-5-3-4-6-12(9)15-13(16)8-18-14(17)11-7-10(11)2/h9-12H,3-8H2,1-2H3,(H,15,16)/t9-,10+,11+,12+/m1/s1. The van der Waals surface area contributed by atoms with E-state index >= 15 is 0 Å². The van der Waals surface area contributed by atoms with Gasteiger partial charge in [0, 0.05) is 6.04 Å². The van der Waals surface area contributed by atoms with Gasteiger partial charge in [-0.05, 0) is 31.1 Å². The van der Waals surface area contributed by atoms with Gasteiger partial charge in [0.15, 0.2) is 6.61 Å². The molecule has 2 aliphatic rings. The normalized spacial score (nSPS) is 34.8. The second kappa shape index (κ2) is 5.72. The predicted octanol–water partition coefficient (Wildman–Crippen LogP) is 1.88. The summed E-state index contributed by atoms with van der Waals surface area (Å²) in [6, 6.07) is 0.254. The molecule has 102 valence electrons. The highest BCUT2D eigenvalue weighted by atomic mass is 16.5. The van der Waals surface area contributed by atoms with Crippen LogP contribution in [-0.2, 0) is 14.3 Å². The molecule has 0 aromatic heterocycles. The van der Waals surface area contributed by atoms with Crippen molar-refractivity contribution in [1.29, 1.82) is 0 Å². The summed E-state index contributed by atoms with van der Waals surface area (Å²) in [4.78, 5) is 23.2. The number of carbonyl (C=O) groups is 2. The Morgan fingerprint density at radius 1 is 1.17 bits per heavy atom. The van der Waals surface area contributed by atoms with Gasteiger partial charge >= 0.3 is 5.97 Å². The van der Waals surface area contributed by atoms with Crippen molar-refractivity contribution in [2.75, 3.05) is 6.61 Å². The average molecular weight is 253 g/mol. The van der Waals surface area contributed by atoms with Crippen LogP contribution in [0.1, 0.15) is 46.0 Å². The van der Waals surface area contributed by atoms with Crippen molar-refractivity contribution in [3.63, 3.8) is 0 Å².